The van der Waals surface area contributed by atoms with Crippen LogP contribution in [0.1, 0.15) is 43.7 Å². The number of aliphatic imine (C=N–C) groups is 1. The van der Waals surface area contributed by atoms with E-state index in [4.69, 9.17) is 4.74 Å². The quantitative estimate of drug-likeness (QED) is 0.250. The number of nitrogens with zero attached hydrogens (tertiary/aromatic N) is 2. The van der Waals surface area contributed by atoms with Gasteiger partial charge in [-0.2, -0.15) is 0 Å². The summed E-state index contributed by atoms with van der Waals surface area (Å²) in [6.07, 6.45) is 5.06. The van der Waals surface area contributed by atoms with Crippen molar-refractivity contribution in [3.8, 4) is 0 Å². The smallest absolute Gasteiger partial charge is 0.191 e. The van der Waals surface area contributed by atoms with Crippen molar-refractivity contribution in [1.29, 1.82) is 0 Å². The van der Waals surface area contributed by atoms with E-state index in [-0.39, 0.29) is 24.0 Å². The first-order valence-corrected chi connectivity index (χ1v) is 9.63. The van der Waals surface area contributed by atoms with Crippen molar-refractivity contribution < 1.29 is 4.74 Å². The third-order valence-electron chi connectivity index (χ3n) is 4.46. The van der Waals surface area contributed by atoms with Gasteiger partial charge >= 0.3 is 0 Å². The van der Waals surface area contributed by atoms with Gasteiger partial charge in [-0.1, -0.05) is 30.7 Å². The van der Waals surface area contributed by atoms with Crippen LogP contribution in [0.15, 0.2) is 29.3 Å². The third-order valence-corrected chi connectivity index (χ3v) is 4.46. The highest BCUT2D eigenvalue weighted by molar-refractivity contribution is 14.0. The van der Waals surface area contributed by atoms with Gasteiger partial charge in [0.25, 0.3) is 0 Å². The molecule has 2 rings (SSSR count). The number of rotatable bonds is 9. The molecule has 0 atom stereocenters. The molecular formula is C20H35IN4O. The van der Waals surface area contributed by atoms with Gasteiger partial charge in [0, 0.05) is 33.4 Å². The van der Waals surface area contributed by atoms with Crippen molar-refractivity contribution in [2.75, 3.05) is 39.9 Å². The van der Waals surface area contributed by atoms with E-state index in [9.17, 15) is 0 Å². The van der Waals surface area contributed by atoms with Crippen LogP contribution in [-0.4, -0.2) is 50.8 Å². The lowest BCUT2D eigenvalue weighted by atomic mass is 10.1. The Balaban J connectivity index is 0.00000338. The Hall–Kier alpha value is -0.860. The van der Waals surface area contributed by atoms with Crippen LogP contribution in [0.25, 0.3) is 0 Å². The van der Waals surface area contributed by atoms with Crippen LogP contribution >= 0.6 is 24.0 Å². The number of benzene rings is 1. The lowest BCUT2D eigenvalue weighted by Crippen LogP contribution is -2.38. The normalized spacial score (nSPS) is 15.4. The Morgan fingerprint density at radius 2 is 1.77 bits per heavy atom. The van der Waals surface area contributed by atoms with Crippen molar-refractivity contribution in [3.63, 3.8) is 0 Å². The molecule has 26 heavy (non-hydrogen) atoms. The minimum atomic E-state index is 0. The van der Waals surface area contributed by atoms with Crippen LogP contribution in [-0.2, 0) is 17.8 Å². The molecule has 1 heterocycles. The summed E-state index contributed by atoms with van der Waals surface area (Å²) in [5, 5.41) is 6.63. The molecule has 5 nitrogen and oxygen atoms in total. The zero-order valence-electron chi connectivity index (χ0n) is 16.3. The molecule has 0 spiro atoms. The molecule has 1 fully saturated rings. The van der Waals surface area contributed by atoms with Crippen molar-refractivity contribution in [2.45, 2.75) is 45.7 Å². The number of piperidine rings is 1. The maximum Gasteiger partial charge on any atom is 0.191 e. The predicted molar refractivity (Wildman–Crippen MR) is 120 cm³/mol. The number of ether oxygens (including phenoxy) is 1. The van der Waals surface area contributed by atoms with E-state index >= 15 is 0 Å². The summed E-state index contributed by atoms with van der Waals surface area (Å²) >= 11 is 0. The fraction of sp³-hybridized carbons (Fsp3) is 0.650. The monoisotopic (exact) mass is 474 g/mol. The molecule has 0 amide bonds. The zero-order chi connectivity index (χ0) is 17.7. The molecule has 1 saturated heterocycles. The van der Waals surface area contributed by atoms with E-state index in [2.05, 4.69) is 51.7 Å². The van der Waals surface area contributed by atoms with Gasteiger partial charge in [-0.25, -0.2) is 4.99 Å². The van der Waals surface area contributed by atoms with Gasteiger partial charge in [0.1, 0.15) is 0 Å². The molecule has 0 saturated carbocycles. The van der Waals surface area contributed by atoms with E-state index in [1.165, 1.54) is 43.5 Å². The summed E-state index contributed by atoms with van der Waals surface area (Å²) in [5.41, 5.74) is 2.65. The van der Waals surface area contributed by atoms with Crippen LogP contribution in [0.2, 0.25) is 0 Å². The van der Waals surface area contributed by atoms with Crippen LogP contribution in [0, 0.1) is 0 Å². The number of nitrogens with one attached hydrogen (secondary N) is 2. The van der Waals surface area contributed by atoms with Gasteiger partial charge < -0.3 is 15.4 Å². The highest BCUT2D eigenvalue weighted by Gasteiger charge is 2.10. The Labute approximate surface area is 176 Å². The Bertz CT molecular complexity index is 501. The molecule has 0 aliphatic carbocycles. The molecule has 1 aliphatic heterocycles. The third kappa shape index (κ3) is 9.19. The van der Waals surface area contributed by atoms with E-state index in [1.54, 1.807) is 7.11 Å². The van der Waals surface area contributed by atoms with Gasteiger partial charge in [0.05, 0.1) is 6.54 Å². The van der Waals surface area contributed by atoms with Gasteiger partial charge in [0.2, 0.25) is 0 Å². The zero-order valence-corrected chi connectivity index (χ0v) is 18.6. The van der Waals surface area contributed by atoms with Gasteiger partial charge in [-0.15, -0.1) is 24.0 Å². The van der Waals surface area contributed by atoms with Gasteiger partial charge in [-0.05, 0) is 50.4 Å². The minimum Gasteiger partial charge on any atom is -0.385 e. The van der Waals surface area contributed by atoms with Crippen molar-refractivity contribution in [2.24, 2.45) is 4.99 Å². The second-order valence-corrected chi connectivity index (χ2v) is 6.62. The van der Waals surface area contributed by atoms with Gasteiger partial charge in [-0.3, -0.25) is 4.90 Å². The topological polar surface area (TPSA) is 48.9 Å². The lowest BCUT2D eigenvalue weighted by Gasteiger charge is -2.26. The minimum absolute atomic E-state index is 0. The van der Waals surface area contributed by atoms with Gasteiger partial charge in [0.15, 0.2) is 5.96 Å². The summed E-state index contributed by atoms with van der Waals surface area (Å²) in [6, 6.07) is 8.91. The van der Waals surface area contributed by atoms with E-state index in [0.717, 1.165) is 38.6 Å². The summed E-state index contributed by atoms with van der Waals surface area (Å²) in [5.74, 6) is 0.871. The Kier molecular flexibility index (Phi) is 12.7. The molecule has 1 aliphatic rings. The Morgan fingerprint density at radius 3 is 2.42 bits per heavy atom. The second kappa shape index (κ2) is 14.2. The first kappa shape index (κ1) is 23.2. The number of halogens is 1. The van der Waals surface area contributed by atoms with E-state index in [1.807, 2.05) is 0 Å². The molecule has 1 aromatic carbocycles. The SMILES string of the molecule is CCNC(=NCc1ccc(CN2CCCCC2)cc1)NCCCOC.I. The van der Waals surface area contributed by atoms with Crippen molar-refractivity contribution >= 4 is 29.9 Å². The van der Waals surface area contributed by atoms with E-state index < -0.39 is 0 Å². The molecule has 0 bridgehead atoms. The van der Waals surface area contributed by atoms with Crippen LogP contribution < -0.4 is 10.6 Å². The lowest BCUT2D eigenvalue weighted by molar-refractivity contribution is 0.195. The average Bonchev–Trinajstić information content (AvgIpc) is 2.65. The number of likely N-dealkylation sites (tertiary alicyclic amines) is 1. The molecule has 148 valence electrons. The first-order chi connectivity index (χ1) is 12.3. The number of hydrogen-bond acceptors (Lipinski definition) is 3. The van der Waals surface area contributed by atoms with Crippen LogP contribution in [0.5, 0.6) is 0 Å². The summed E-state index contributed by atoms with van der Waals surface area (Å²) in [6.45, 7) is 8.85. The molecule has 0 aromatic heterocycles. The molecule has 1 aromatic rings. The molecule has 0 unspecified atom stereocenters. The van der Waals surface area contributed by atoms with Crippen molar-refractivity contribution in [3.05, 3.63) is 35.4 Å². The molecule has 2 N–H and O–H groups in total. The van der Waals surface area contributed by atoms with E-state index in [0.29, 0.717) is 6.54 Å². The summed E-state index contributed by atoms with van der Waals surface area (Å²) in [7, 11) is 1.73. The Morgan fingerprint density at radius 1 is 1.08 bits per heavy atom. The fourth-order valence-electron chi connectivity index (χ4n) is 3.06. The maximum absolute atomic E-state index is 5.07. The number of hydrogen-bond donors (Lipinski definition) is 2. The second-order valence-electron chi connectivity index (χ2n) is 6.62. The number of guanidine groups is 1. The highest BCUT2D eigenvalue weighted by Crippen LogP contribution is 2.13. The summed E-state index contributed by atoms with van der Waals surface area (Å²) in [4.78, 5) is 7.23. The predicted octanol–water partition coefficient (Wildman–Crippen LogP) is 3.38. The first-order valence-electron chi connectivity index (χ1n) is 9.63. The van der Waals surface area contributed by atoms with Crippen LogP contribution in [0.4, 0.5) is 0 Å². The number of methoxy groups -OCH3 is 1. The van der Waals surface area contributed by atoms with Crippen LogP contribution in [0.3, 0.4) is 0 Å². The van der Waals surface area contributed by atoms with Crippen molar-refractivity contribution in [1.82, 2.24) is 15.5 Å². The fourth-order valence-corrected chi connectivity index (χ4v) is 3.06. The highest BCUT2D eigenvalue weighted by atomic mass is 127. The standard InChI is InChI=1S/C20H34N4O.HI/c1-3-21-20(22-12-7-15-25-2)23-16-18-8-10-19(11-9-18)17-24-13-5-4-6-14-24;/h8-11H,3-7,12-17H2,1-2H3,(H2,21,22,23);1H. The summed E-state index contributed by atoms with van der Waals surface area (Å²) < 4.78 is 5.07. The molecular weight excluding hydrogens is 439 g/mol. The maximum atomic E-state index is 5.07. The molecule has 0 radical (unpaired) electrons. The molecule has 6 heteroatoms. The average molecular weight is 474 g/mol. The largest absolute Gasteiger partial charge is 0.385 e.